The summed E-state index contributed by atoms with van der Waals surface area (Å²) in [6, 6.07) is 12.3. The summed E-state index contributed by atoms with van der Waals surface area (Å²) in [5.41, 5.74) is 8.04. The third kappa shape index (κ3) is 3.96. The van der Waals surface area contributed by atoms with Gasteiger partial charge < -0.3 is 5.73 Å². The van der Waals surface area contributed by atoms with E-state index in [0.717, 1.165) is 26.8 Å². The highest BCUT2D eigenvalue weighted by Crippen LogP contribution is 2.26. The van der Waals surface area contributed by atoms with Gasteiger partial charge in [-0.15, -0.1) is 11.8 Å². The second-order valence-electron chi connectivity index (χ2n) is 4.37. The fraction of sp³-hybridized carbons (Fsp3) is 0.200. The van der Waals surface area contributed by atoms with E-state index in [0.29, 0.717) is 0 Å². The maximum Gasteiger partial charge on any atom is 0.123 e. The van der Waals surface area contributed by atoms with Crippen LogP contribution in [0.1, 0.15) is 17.2 Å². The van der Waals surface area contributed by atoms with Gasteiger partial charge >= 0.3 is 0 Å². The molecule has 2 rings (SSSR count). The Morgan fingerprint density at radius 3 is 2.53 bits per heavy atom. The van der Waals surface area contributed by atoms with Gasteiger partial charge in [0.2, 0.25) is 0 Å². The normalized spacial score (nSPS) is 12.4. The summed E-state index contributed by atoms with van der Waals surface area (Å²) in [5.74, 6) is 0.521. The van der Waals surface area contributed by atoms with E-state index in [1.807, 2.05) is 31.2 Å². The van der Waals surface area contributed by atoms with Crippen molar-refractivity contribution >= 4 is 23.4 Å². The van der Waals surface area contributed by atoms with Crippen LogP contribution >= 0.6 is 23.4 Å². The number of aryl methyl sites for hydroxylation is 1. The zero-order chi connectivity index (χ0) is 13.8. The van der Waals surface area contributed by atoms with E-state index in [4.69, 9.17) is 17.3 Å². The van der Waals surface area contributed by atoms with Crippen LogP contribution in [0.3, 0.4) is 0 Å². The van der Waals surface area contributed by atoms with E-state index in [1.54, 1.807) is 17.8 Å². The number of halogens is 2. The van der Waals surface area contributed by atoms with Gasteiger partial charge in [0.25, 0.3) is 0 Å². The van der Waals surface area contributed by atoms with Crippen molar-refractivity contribution in [3.05, 3.63) is 64.4 Å². The number of nitrogens with two attached hydrogens (primary N) is 1. The summed E-state index contributed by atoms with van der Waals surface area (Å²) in [5, 5.41) is 0.725. The number of benzene rings is 2. The Morgan fingerprint density at radius 2 is 1.89 bits per heavy atom. The van der Waals surface area contributed by atoms with E-state index >= 15 is 0 Å². The van der Waals surface area contributed by atoms with Crippen molar-refractivity contribution in [1.82, 2.24) is 0 Å². The third-order valence-electron chi connectivity index (χ3n) is 2.87. The van der Waals surface area contributed by atoms with E-state index in [9.17, 15) is 4.39 Å². The number of thioether (sulfide) groups is 1. The van der Waals surface area contributed by atoms with E-state index in [1.165, 1.54) is 12.1 Å². The monoisotopic (exact) mass is 295 g/mol. The summed E-state index contributed by atoms with van der Waals surface area (Å²) in [4.78, 5) is 1.12. The van der Waals surface area contributed by atoms with Crippen molar-refractivity contribution in [3.8, 4) is 0 Å². The Kier molecular flexibility index (Phi) is 4.86. The Bertz CT molecular complexity index is 557. The highest BCUT2D eigenvalue weighted by atomic mass is 35.5. The molecule has 100 valence electrons. The first-order chi connectivity index (χ1) is 9.06. The minimum absolute atomic E-state index is 0.110. The van der Waals surface area contributed by atoms with E-state index in [2.05, 4.69) is 0 Å². The zero-order valence-electron chi connectivity index (χ0n) is 10.6. The summed E-state index contributed by atoms with van der Waals surface area (Å²) < 4.78 is 13.0. The Morgan fingerprint density at radius 1 is 1.21 bits per heavy atom. The predicted octanol–water partition coefficient (Wildman–Crippen LogP) is 4.58. The molecule has 1 unspecified atom stereocenters. The van der Waals surface area contributed by atoms with Gasteiger partial charge in [-0.1, -0.05) is 17.7 Å². The molecule has 0 aliphatic carbocycles. The smallest absolute Gasteiger partial charge is 0.123 e. The first kappa shape index (κ1) is 14.4. The fourth-order valence-corrected chi connectivity index (χ4v) is 2.87. The molecule has 1 nitrogen and oxygen atoms in total. The van der Waals surface area contributed by atoms with Crippen molar-refractivity contribution in [2.45, 2.75) is 17.9 Å². The van der Waals surface area contributed by atoms with Crippen LogP contribution in [0.25, 0.3) is 0 Å². The molecule has 0 bridgehead atoms. The van der Waals surface area contributed by atoms with Crippen molar-refractivity contribution in [3.63, 3.8) is 0 Å². The molecule has 0 fully saturated rings. The quantitative estimate of drug-likeness (QED) is 0.836. The number of hydrogen-bond donors (Lipinski definition) is 1. The molecule has 0 spiro atoms. The van der Waals surface area contributed by atoms with E-state index < -0.39 is 0 Å². The van der Waals surface area contributed by atoms with Gasteiger partial charge in [0.1, 0.15) is 5.82 Å². The lowest BCUT2D eigenvalue weighted by Crippen LogP contribution is -2.14. The molecule has 0 radical (unpaired) electrons. The average Bonchev–Trinajstić information content (AvgIpc) is 2.37. The van der Waals surface area contributed by atoms with Crippen molar-refractivity contribution < 1.29 is 4.39 Å². The number of hydrogen-bond acceptors (Lipinski definition) is 2. The van der Waals surface area contributed by atoms with Crippen LogP contribution in [0, 0.1) is 12.7 Å². The second kappa shape index (κ2) is 6.42. The van der Waals surface area contributed by atoms with Gasteiger partial charge in [-0.25, -0.2) is 4.39 Å². The van der Waals surface area contributed by atoms with Crippen LogP contribution in [0.2, 0.25) is 5.02 Å². The topological polar surface area (TPSA) is 26.0 Å². The molecular formula is C15H15ClFNS. The summed E-state index contributed by atoms with van der Waals surface area (Å²) in [6.07, 6.45) is 0. The van der Waals surface area contributed by atoms with Crippen molar-refractivity contribution in [1.29, 1.82) is 0 Å². The molecular weight excluding hydrogens is 281 g/mol. The molecule has 0 aliphatic heterocycles. The predicted molar refractivity (Wildman–Crippen MR) is 80.2 cm³/mol. The molecule has 2 N–H and O–H groups in total. The molecule has 2 aromatic carbocycles. The number of rotatable bonds is 4. The molecule has 19 heavy (non-hydrogen) atoms. The van der Waals surface area contributed by atoms with E-state index in [-0.39, 0.29) is 11.9 Å². The van der Waals surface area contributed by atoms with Crippen LogP contribution in [0.5, 0.6) is 0 Å². The minimum Gasteiger partial charge on any atom is -0.323 e. The first-order valence-corrected chi connectivity index (χ1v) is 7.32. The van der Waals surface area contributed by atoms with Crippen LogP contribution < -0.4 is 5.73 Å². The molecule has 0 amide bonds. The second-order valence-corrected chi connectivity index (χ2v) is 5.90. The molecule has 0 saturated carbocycles. The van der Waals surface area contributed by atoms with Crippen LogP contribution in [0.15, 0.2) is 47.4 Å². The molecule has 0 heterocycles. The highest BCUT2D eigenvalue weighted by molar-refractivity contribution is 7.99. The third-order valence-corrected chi connectivity index (χ3v) is 4.26. The lowest BCUT2D eigenvalue weighted by atomic mass is 10.0. The lowest BCUT2D eigenvalue weighted by Gasteiger charge is -2.14. The zero-order valence-corrected chi connectivity index (χ0v) is 12.1. The Balaban J connectivity index is 2.01. The van der Waals surface area contributed by atoms with Crippen molar-refractivity contribution in [2.75, 3.05) is 5.75 Å². The molecule has 2 aromatic rings. The SMILES string of the molecule is Cc1cc(F)ccc1C(N)CSc1ccc(Cl)cc1. The molecule has 1 atom stereocenters. The van der Waals surface area contributed by atoms with Crippen LogP contribution in [-0.4, -0.2) is 5.75 Å². The largest absolute Gasteiger partial charge is 0.323 e. The summed E-state index contributed by atoms with van der Waals surface area (Å²) in [7, 11) is 0. The fourth-order valence-electron chi connectivity index (χ4n) is 1.86. The lowest BCUT2D eigenvalue weighted by molar-refractivity contribution is 0.624. The summed E-state index contributed by atoms with van der Waals surface area (Å²) >= 11 is 7.50. The van der Waals surface area contributed by atoms with Crippen LogP contribution in [-0.2, 0) is 0 Å². The van der Waals surface area contributed by atoms with Gasteiger partial charge in [0, 0.05) is 21.7 Å². The molecule has 0 aliphatic rings. The standard InChI is InChI=1S/C15H15ClFNS/c1-10-8-12(17)4-7-14(10)15(18)9-19-13-5-2-11(16)3-6-13/h2-8,15H,9,18H2,1H3. The first-order valence-electron chi connectivity index (χ1n) is 5.96. The van der Waals surface area contributed by atoms with Gasteiger partial charge in [0.05, 0.1) is 0 Å². The maximum absolute atomic E-state index is 13.0. The van der Waals surface area contributed by atoms with Crippen molar-refractivity contribution in [2.24, 2.45) is 5.73 Å². The van der Waals surface area contributed by atoms with Gasteiger partial charge in [0.15, 0.2) is 0 Å². The van der Waals surface area contributed by atoms with Crippen LogP contribution in [0.4, 0.5) is 4.39 Å². The summed E-state index contributed by atoms with van der Waals surface area (Å²) in [6.45, 7) is 1.88. The molecule has 0 saturated heterocycles. The highest BCUT2D eigenvalue weighted by Gasteiger charge is 2.10. The Labute approximate surface area is 122 Å². The van der Waals surface area contributed by atoms with Gasteiger partial charge in [-0.05, 0) is 54.4 Å². The molecule has 4 heteroatoms. The average molecular weight is 296 g/mol. The maximum atomic E-state index is 13.0. The minimum atomic E-state index is -0.223. The Hall–Kier alpha value is -1.03. The van der Waals surface area contributed by atoms with Gasteiger partial charge in [-0.2, -0.15) is 0 Å². The molecule has 0 aromatic heterocycles. The van der Waals surface area contributed by atoms with Gasteiger partial charge in [-0.3, -0.25) is 0 Å².